The summed E-state index contributed by atoms with van der Waals surface area (Å²) < 4.78 is 43.2. The second kappa shape index (κ2) is 7.85. The molecule has 0 bridgehead atoms. The van der Waals surface area contributed by atoms with Gasteiger partial charge >= 0.3 is 12.1 Å². The van der Waals surface area contributed by atoms with Crippen LogP contribution in [-0.4, -0.2) is 36.4 Å². The number of esters is 1. The van der Waals surface area contributed by atoms with Crippen LogP contribution in [0, 0.1) is 5.92 Å². The van der Waals surface area contributed by atoms with Gasteiger partial charge in [0.25, 0.3) is 5.92 Å². The highest BCUT2D eigenvalue weighted by molar-refractivity contribution is 5.89. The molecule has 26 heavy (non-hydrogen) atoms. The van der Waals surface area contributed by atoms with Gasteiger partial charge in [0.05, 0.1) is 11.5 Å². The van der Waals surface area contributed by atoms with E-state index < -0.39 is 42.3 Å². The Kier molecular flexibility index (Phi) is 6.00. The van der Waals surface area contributed by atoms with Crippen LogP contribution in [0.3, 0.4) is 0 Å². The molecule has 1 aliphatic carbocycles. The maximum absolute atomic E-state index is 14.1. The molecule has 0 radical (unpaired) electrons. The molecule has 1 aromatic carbocycles. The van der Waals surface area contributed by atoms with Crippen molar-refractivity contribution in [1.29, 1.82) is 0 Å². The topological polar surface area (TPSA) is 61.8 Å². The number of alkyl halides is 2. The Hall–Kier alpha value is -2.44. The highest BCUT2D eigenvalue weighted by atomic mass is 19.3. The third-order valence-electron chi connectivity index (χ3n) is 3.66. The van der Waals surface area contributed by atoms with Crippen LogP contribution in [-0.2, 0) is 14.2 Å². The van der Waals surface area contributed by atoms with Crippen molar-refractivity contribution in [3.8, 4) is 0 Å². The Bertz CT molecular complexity index is 664. The number of carbonyl (C=O) groups excluding carboxylic acids is 2. The molecule has 0 aromatic heterocycles. The van der Waals surface area contributed by atoms with E-state index in [4.69, 9.17) is 14.2 Å². The summed E-state index contributed by atoms with van der Waals surface area (Å²) in [7, 11) is 0. The lowest BCUT2D eigenvalue weighted by Gasteiger charge is -2.31. The normalized spacial score (nSPS) is 21.7. The molecule has 0 amide bonds. The number of rotatable bonds is 4. The van der Waals surface area contributed by atoms with Gasteiger partial charge in [0.2, 0.25) is 0 Å². The second-order valence-corrected chi connectivity index (χ2v) is 7.05. The van der Waals surface area contributed by atoms with Gasteiger partial charge in [-0.25, -0.2) is 18.4 Å². The minimum Gasteiger partial charge on any atom is -0.462 e. The number of benzene rings is 1. The zero-order valence-electron chi connectivity index (χ0n) is 14.9. The van der Waals surface area contributed by atoms with Crippen molar-refractivity contribution in [1.82, 2.24) is 0 Å². The van der Waals surface area contributed by atoms with E-state index in [1.807, 2.05) is 0 Å². The van der Waals surface area contributed by atoms with Crippen LogP contribution in [0.5, 0.6) is 0 Å². The van der Waals surface area contributed by atoms with Gasteiger partial charge in [-0.3, -0.25) is 0 Å². The lowest BCUT2D eigenvalue weighted by Crippen LogP contribution is -2.39. The highest BCUT2D eigenvalue weighted by Crippen LogP contribution is 2.35. The maximum atomic E-state index is 14.1. The molecule has 142 valence electrons. The van der Waals surface area contributed by atoms with Gasteiger partial charge in [0.1, 0.15) is 18.3 Å². The van der Waals surface area contributed by atoms with E-state index in [-0.39, 0.29) is 12.0 Å². The molecule has 0 spiro atoms. The first-order valence-corrected chi connectivity index (χ1v) is 8.26. The summed E-state index contributed by atoms with van der Waals surface area (Å²) in [6.45, 7) is 4.53. The molecule has 0 saturated carbocycles. The summed E-state index contributed by atoms with van der Waals surface area (Å²) in [5.74, 6) is -5.14. The quantitative estimate of drug-likeness (QED) is 0.583. The smallest absolute Gasteiger partial charge is 0.462 e. The van der Waals surface area contributed by atoms with Crippen molar-refractivity contribution >= 4 is 12.1 Å². The highest BCUT2D eigenvalue weighted by Gasteiger charge is 2.43. The standard InChI is InChI=1S/C19H22F2O5/c1-18(2,3)26-17(23)25-15-9-10-19(20,21)14(11-15)12-24-16(22)13-7-5-4-6-8-13/h4-10,14-15H,11-12H2,1-3H3/t14-,15?/m1/s1. The molecule has 0 aliphatic heterocycles. The van der Waals surface area contributed by atoms with Crippen LogP contribution < -0.4 is 0 Å². The molecule has 0 N–H and O–H groups in total. The van der Waals surface area contributed by atoms with Gasteiger partial charge in [-0.1, -0.05) is 18.2 Å². The van der Waals surface area contributed by atoms with Crippen LogP contribution >= 0.6 is 0 Å². The molecule has 7 heteroatoms. The number of hydrogen-bond donors (Lipinski definition) is 0. The molecule has 0 saturated heterocycles. The summed E-state index contributed by atoms with van der Waals surface area (Å²) in [5, 5.41) is 0. The summed E-state index contributed by atoms with van der Waals surface area (Å²) in [4.78, 5) is 23.6. The molecule has 1 aliphatic rings. The van der Waals surface area contributed by atoms with E-state index in [1.165, 1.54) is 12.1 Å². The zero-order valence-corrected chi connectivity index (χ0v) is 14.9. The van der Waals surface area contributed by atoms with Gasteiger partial charge in [-0.2, -0.15) is 0 Å². The summed E-state index contributed by atoms with van der Waals surface area (Å²) in [6.07, 6.45) is -0.182. The minimum absolute atomic E-state index is 0.176. The van der Waals surface area contributed by atoms with E-state index in [2.05, 4.69) is 0 Å². The van der Waals surface area contributed by atoms with E-state index in [0.29, 0.717) is 6.08 Å². The van der Waals surface area contributed by atoms with Crippen molar-refractivity contribution in [2.75, 3.05) is 6.61 Å². The van der Waals surface area contributed by atoms with Crippen LogP contribution in [0.2, 0.25) is 0 Å². The van der Waals surface area contributed by atoms with Crippen molar-refractivity contribution in [2.24, 2.45) is 5.92 Å². The first-order chi connectivity index (χ1) is 12.1. The molecular weight excluding hydrogens is 346 g/mol. The monoisotopic (exact) mass is 368 g/mol. The van der Waals surface area contributed by atoms with Crippen molar-refractivity contribution in [2.45, 2.75) is 44.8 Å². The fourth-order valence-electron chi connectivity index (χ4n) is 2.39. The van der Waals surface area contributed by atoms with E-state index in [9.17, 15) is 18.4 Å². The van der Waals surface area contributed by atoms with E-state index in [0.717, 1.165) is 6.08 Å². The van der Waals surface area contributed by atoms with Crippen molar-refractivity contribution in [3.63, 3.8) is 0 Å². The third-order valence-corrected chi connectivity index (χ3v) is 3.66. The molecule has 0 fully saturated rings. The Morgan fingerprint density at radius 3 is 2.46 bits per heavy atom. The Labute approximate surface area is 150 Å². The summed E-state index contributed by atoms with van der Waals surface area (Å²) in [6, 6.07) is 8.11. The second-order valence-electron chi connectivity index (χ2n) is 7.05. The molecular formula is C19H22F2O5. The number of ether oxygens (including phenoxy) is 3. The van der Waals surface area contributed by atoms with Crippen LogP contribution in [0.1, 0.15) is 37.6 Å². The molecule has 0 heterocycles. The van der Waals surface area contributed by atoms with Gasteiger partial charge in [0.15, 0.2) is 0 Å². The third kappa shape index (κ3) is 5.82. The van der Waals surface area contributed by atoms with Gasteiger partial charge < -0.3 is 14.2 Å². The first kappa shape index (κ1) is 19.9. The first-order valence-electron chi connectivity index (χ1n) is 8.26. The van der Waals surface area contributed by atoms with Crippen LogP contribution in [0.4, 0.5) is 13.6 Å². The molecule has 1 unspecified atom stereocenters. The number of halogens is 2. The molecule has 1 aromatic rings. The predicted octanol–water partition coefficient (Wildman–Crippen LogP) is 4.38. The van der Waals surface area contributed by atoms with Crippen LogP contribution in [0.25, 0.3) is 0 Å². The Morgan fingerprint density at radius 1 is 1.19 bits per heavy atom. The Balaban J connectivity index is 1.94. The lowest BCUT2D eigenvalue weighted by molar-refractivity contribution is -0.0742. The molecule has 2 rings (SSSR count). The van der Waals surface area contributed by atoms with Gasteiger partial charge in [-0.15, -0.1) is 0 Å². The fraction of sp³-hybridized carbons (Fsp3) is 0.474. The number of hydrogen-bond acceptors (Lipinski definition) is 5. The van der Waals surface area contributed by atoms with Gasteiger partial charge in [0, 0.05) is 6.42 Å². The lowest BCUT2D eigenvalue weighted by atomic mass is 9.89. The predicted molar refractivity (Wildman–Crippen MR) is 90.0 cm³/mol. The fourth-order valence-corrected chi connectivity index (χ4v) is 2.39. The summed E-state index contributed by atoms with van der Waals surface area (Å²) >= 11 is 0. The van der Waals surface area contributed by atoms with Gasteiger partial charge in [-0.05, 0) is 45.1 Å². The van der Waals surface area contributed by atoms with Crippen molar-refractivity contribution < 1.29 is 32.6 Å². The summed E-state index contributed by atoms with van der Waals surface area (Å²) in [5.41, 5.74) is -0.465. The van der Waals surface area contributed by atoms with E-state index in [1.54, 1.807) is 39.0 Å². The Morgan fingerprint density at radius 2 is 1.85 bits per heavy atom. The van der Waals surface area contributed by atoms with Crippen LogP contribution in [0.15, 0.2) is 42.5 Å². The maximum Gasteiger partial charge on any atom is 0.509 e. The molecule has 2 atom stereocenters. The number of carbonyl (C=O) groups is 2. The number of allylic oxidation sites excluding steroid dienone is 1. The van der Waals surface area contributed by atoms with E-state index >= 15 is 0 Å². The van der Waals surface area contributed by atoms with Crippen molar-refractivity contribution in [3.05, 3.63) is 48.0 Å². The average Bonchev–Trinajstić information content (AvgIpc) is 2.54. The molecule has 5 nitrogen and oxygen atoms in total. The zero-order chi connectivity index (χ0) is 19.4. The largest absolute Gasteiger partial charge is 0.509 e. The SMILES string of the molecule is CC(C)(C)OC(=O)OC1C=CC(F)(F)[C@@H](COC(=O)c2ccccc2)C1. The minimum atomic E-state index is -3.16. The average molecular weight is 368 g/mol.